The molecule has 0 aliphatic heterocycles. The molecule has 0 amide bonds. The molecule has 0 rings (SSSR count). The molecule has 4 heteroatoms. The minimum absolute atomic E-state index is 0.168. The Kier molecular flexibility index (Phi) is 5.20. The standard InChI is InChI=1S/C8H8O4/c1-2-7(12-11)5-3-4-6-8(9)10/h6,11H,2H2,1H3,(H,9,10). The second-order valence-electron chi connectivity index (χ2n) is 1.74. The van der Waals surface area contributed by atoms with Crippen molar-refractivity contribution >= 4 is 5.97 Å². The Bertz CT molecular complexity index is 278. The van der Waals surface area contributed by atoms with E-state index in [-0.39, 0.29) is 5.76 Å². The van der Waals surface area contributed by atoms with Gasteiger partial charge in [0.25, 0.3) is 0 Å². The van der Waals surface area contributed by atoms with E-state index in [1.807, 2.05) is 0 Å². The minimum Gasteiger partial charge on any atom is -0.478 e. The van der Waals surface area contributed by atoms with Gasteiger partial charge in [-0.15, -0.1) is 0 Å². The maximum Gasteiger partial charge on any atom is 0.336 e. The van der Waals surface area contributed by atoms with Crippen LogP contribution in [0.3, 0.4) is 0 Å². The van der Waals surface area contributed by atoms with E-state index in [4.69, 9.17) is 10.4 Å². The number of carbonyl (C=O) groups is 1. The Morgan fingerprint density at radius 3 is 2.75 bits per heavy atom. The van der Waals surface area contributed by atoms with Crippen LogP contribution in [0.25, 0.3) is 0 Å². The van der Waals surface area contributed by atoms with Crippen molar-refractivity contribution in [3.63, 3.8) is 0 Å². The van der Waals surface area contributed by atoms with Crippen LogP contribution in [0, 0.1) is 0 Å². The summed E-state index contributed by atoms with van der Waals surface area (Å²) in [4.78, 5) is 13.8. The molecule has 0 aromatic heterocycles. The highest BCUT2D eigenvalue weighted by atomic mass is 17.1. The smallest absolute Gasteiger partial charge is 0.336 e. The summed E-state index contributed by atoms with van der Waals surface area (Å²) >= 11 is 0. The van der Waals surface area contributed by atoms with Crippen molar-refractivity contribution < 1.29 is 20.0 Å². The van der Waals surface area contributed by atoms with Gasteiger partial charge in [-0.05, 0) is 11.5 Å². The highest BCUT2D eigenvalue weighted by Gasteiger charge is 1.86. The molecule has 0 heterocycles. The van der Waals surface area contributed by atoms with Crippen molar-refractivity contribution in [2.45, 2.75) is 13.3 Å². The fourth-order valence-corrected chi connectivity index (χ4v) is 0.379. The van der Waals surface area contributed by atoms with Crippen LogP contribution < -0.4 is 0 Å². The number of rotatable bonds is 3. The average molecular weight is 168 g/mol. The first kappa shape index (κ1) is 10.3. The van der Waals surface area contributed by atoms with E-state index < -0.39 is 5.97 Å². The predicted molar refractivity (Wildman–Crippen MR) is 40.3 cm³/mol. The number of carboxylic acids is 1. The Hall–Kier alpha value is -1.69. The molecule has 0 saturated heterocycles. The lowest BCUT2D eigenvalue weighted by Crippen LogP contribution is -1.83. The number of hydrogen-bond donors (Lipinski definition) is 2. The maximum absolute atomic E-state index is 9.91. The molecule has 12 heavy (non-hydrogen) atoms. The van der Waals surface area contributed by atoms with E-state index in [1.165, 1.54) is 0 Å². The van der Waals surface area contributed by atoms with Crippen LogP contribution in [0.5, 0.6) is 0 Å². The molecule has 0 aromatic carbocycles. The molecule has 0 aromatic rings. The third-order valence-electron chi connectivity index (χ3n) is 0.901. The highest BCUT2D eigenvalue weighted by molar-refractivity contribution is 5.79. The van der Waals surface area contributed by atoms with Gasteiger partial charge in [0.05, 0.1) is 6.08 Å². The van der Waals surface area contributed by atoms with Gasteiger partial charge >= 0.3 is 5.97 Å². The van der Waals surface area contributed by atoms with Crippen molar-refractivity contribution in [1.82, 2.24) is 0 Å². The van der Waals surface area contributed by atoms with Crippen LogP contribution in [0.2, 0.25) is 0 Å². The quantitative estimate of drug-likeness (QED) is 0.219. The fourth-order valence-electron chi connectivity index (χ4n) is 0.379. The van der Waals surface area contributed by atoms with Gasteiger partial charge in [-0.2, -0.15) is 0 Å². The van der Waals surface area contributed by atoms with Gasteiger partial charge in [-0.25, -0.2) is 10.1 Å². The predicted octanol–water partition coefficient (Wildman–Crippen LogP) is 1.32. The molecule has 0 saturated carbocycles. The maximum atomic E-state index is 9.91. The van der Waals surface area contributed by atoms with Crippen molar-refractivity contribution in [3.05, 3.63) is 29.0 Å². The van der Waals surface area contributed by atoms with Gasteiger partial charge in [0, 0.05) is 6.42 Å². The van der Waals surface area contributed by atoms with Gasteiger partial charge < -0.3 is 9.99 Å². The van der Waals surface area contributed by atoms with E-state index in [2.05, 4.69) is 22.1 Å². The SMILES string of the molecule is CCC(=C=C=C=CC(=O)O)OO. The third kappa shape index (κ3) is 5.12. The lowest BCUT2D eigenvalue weighted by Gasteiger charge is -1.89. The van der Waals surface area contributed by atoms with Gasteiger partial charge in [0.15, 0.2) is 5.76 Å². The van der Waals surface area contributed by atoms with Crippen LogP contribution in [-0.2, 0) is 9.68 Å². The number of allylic oxidation sites excluding steroid dienone is 1. The Balaban J connectivity index is 4.68. The molecule has 0 atom stereocenters. The molecule has 0 bridgehead atoms. The summed E-state index contributed by atoms with van der Waals surface area (Å²) in [5.74, 6) is -0.950. The Labute approximate surface area is 69.3 Å². The van der Waals surface area contributed by atoms with Gasteiger partial charge in [-0.3, -0.25) is 0 Å². The molecular weight excluding hydrogens is 160 g/mol. The van der Waals surface area contributed by atoms with E-state index in [0.29, 0.717) is 6.42 Å². The normalized spacial score (nSPS) is 7.17. The first-order valence-electron chi connectivity index (χ1n) is 3.20. The Morgan fingerprint density at radius 1 is 1.67 bits per heavy atom. The van der Waals surface area contributed by atoms with E-state index in [0.717, 1.165) is 6.08 Å². The van der Waals surface area contributed by atoms with E-state index in [9.17, 15) is 4.79 Å². The first-order chi connectivity index (χ1) is 5.70. The van der Waals surface area contributed by atoms with Crippen molar-refractivity contribution in [2.24, 2.45) is 0 Å². The number of aliphatic carboxylic acids is 1. The van der Waals surface area contributed by atoms with Crippen molar-refractivity contribution in [2.75, 3.05) is 0 Å². The van der Waals surface area contributed by atoms with Crippen LogP contribution in [0.15, 0.2) is 29.0 Å². The summed E-state index contributed by atoms with van der Waals surface area (Å²) in [5.41, 5.74) is 6.81. The molecule has 0 aliphatic carbocycles. The van der Waals surface area contributed by atoms with Gasteiger partial charge in [-0.1, -0.05) is 12.7 Å². The third-order valence-corrected chi connectivity index (χ3v) is 0.901. The summed E-state index contributed by atoms with van der Waals surface area (Å²) in [5, 5.41) is 16.3. The Morgan fingerprint density at radius 2 is 2.33 bits per heavy atom. The molecule has 2 N–H and O–H groups in total. The van der Waals surface area contributed by atoms with Crippen LogP contribution >= 0.6 is 0 Å². The molecular formula is C8H8O4. The summed E-state index contributed by atoms with van der Waals surface area (Å²) in [7, 11) is 0. The molecule has 0 aliphatic rings. The lowest BCUT2D eigenvalue weighted by molar-refractivity contribution is -0.204. The van der Waals surface area contributed by atoms with Crippen LogP contribution in [0.4, 0.5) is 0 Å². The monoisotopic (exact) mass is 168 g/mol. The second-order valence-corrected chi connectivity index (χ2v) is 1.74. The molecule has 0 spiro atoms. The van der Waals surface area contributed by atoms with Gasteiger partial charge in [0.2, 0.25) is 0 Å². The molecule has 0 radical (unpaired) electrons. The summed E-state index contributed by atoms with van der Waals surface area (Å²) in [6.07, 6.45) is 1.22. The number of hydrogen-bond acceptors (Lipinski definition) is 3. The summed E-state index contributed by atoms with van der Waals surface area (Å²) in [6.45, 7) is 1.74. The molecule has 4 nitrogen and oxygen atoms in total. The number of carboxylic acid groups (broad SMARTS) is 1. The zero-order valence-corrected chi connectivity index (χ0v) is 6.50. The van der Waals surface area contributed by atoms with E-state index in [1.54, 1.807) is 6.92 Å². The van der Waals surface area contributed by atoms with Crippen molar-refractivity contribution in [3.8, 4) is 0 Å². The zero-order chi connectivity index (χ0) is 9.40. The fraction of sp³-hybridized carbons (Fsp3) is 0.250. The average Bonchev–Trinajstić information content (AvgIpc) is 2.04. The van der Waals surface area contributed by atoms with Crippen LogP contribution in [-0.4, -0.2) is 16.3 Å². The summed E-state index contributed by atoms with van der Waals surface area (Å²) in [6, 6.07) is 0. The largest absolute Gasteiger partial charge is 0.478 e. The topological polar surface area (TPSA) is 66.8 Å². The molecule has 0 unspecified atom stereocenters. The molecule has 64 valence electrons. The van der Waals surface area contributed by atoms with E-state index >= 15 is 0 Å². The van der Waals surface area contributed by atoms with Gasteiger partial charge in [0.1, 0.15) is 0 Å². The molecule has 0 fully saturated rings. The first-order valence-corrected chi connectivity index (χ1v) is 3.20. The summed E-state index contributed by atoms with van der Waals surface area (Å²) < 4.78 is 0. The van der Waals surface area contributed by atoms with Crippen molar-refractivity contribution in [1.29, 1.82) is 0 Å². The second kappa shape index (κ2) is 6.05. The van der Waals surface area contributed by atoms with Crippen LogP contribution in [0.1, 0.15) is 13.3 Å². The zero-order valence-electron chi connectivity index (χ0n) is 6.50. The minimum atomic E-state index is -1.12. The highest BCUT2D eigenvalue weighted by Crippen LogP contribution is 1.95. The lowest BCUT2D eigenvalue weighted by atomic mass is 10.4.